The molecule has 2 aliphatic rings. The molecule has 0 radical (unpaired) electrons. The number of hydrogen-bond acceptors (Lipinski definition) is 5. The van der Waals surface area contributed by atoms with Gasteiger partial charge in [0.2, 0.25) is 0 Å². The molecule has 22 heavy (non-hydrogen) atoms. The Hall–Kier alpha value is -1.20. The van der Waals surface area contributed by atoms with Crippen molar-refractivity contribution in [1.29, 1.82) is 0 Å². The topological polar surface area (TPSA) is 41.5 Å². The summed E-state index contributed by atoms with van der Waals surface area (Å²) in [6.45, 7) is 9.18. The van der Waals surface area contributed by atoms with Gasteiger partial charge in [-0.15, -0.1) is 0 Å². The van der Waals surface area contributed by atoms with Crippen molar-refractivity contribution in [3.8, 4) is 0 Å². The first-order valence-electron chi connectivity index (χ1n) is 8.52. The normalized spacial score (nSPS) is 22.2. The second-order valence-corrected chi connectivity index (χ2v) is 6.79. The fourth-order valence-corrected chi connectivity index (χ4v) is 3.48. The lowest BCUT2D eigenvalue weighted by molar-refractivity contribution is -0.0884. The van der Waals surface area contributed by atoms with E-state index < -0.39 is 0 Å². The molecule has 0 N–H and O–H groups in total. The molecule has 0 bridgehead atoms. The van der Waals surface area contributed by atoms with E-state index >= 15 is 0 Å². The lowest BCUT2D eigenvalue weighted by atomic mass is 9.89. The maximum atomic E-state index is 6.20. The summed E-state index contributed by atoms with van der Waals surface area (Å²) in [6.07, 6.45) is 4.27. The van der Waals surface area contributed by atoms with Crippen LogP contribution in [0.5, 0.6) is 0 Å². The number of aryl methyl sites for hydroxylation is 2. The Kier molecular flexibility index (Phi) is 4.64. The Balaban J connectivity index is 1.77. The fourth-order valence-electron chi connectivity index (χ4n) is 3.48. The molecule has 0 aliphatic carbocycles. The zero-order valence-electron chi connectivity index (χ0n) is 14.1. The maximum absolute atomic E-state index is 6.20. The minimum atomic E-state index is 0.0224. The van der Waals surface area contributed by atoms with E-state index in [0.29, 0.717) is 0 Å². The van der Waals surface area contributed by atoms with Gasteiger partial charge in [-0.05, 0) is 33.2 Å². The molecule has 1 spiro atoms. The van der Waals surface area contributed by atoms with Gasteiger partial charge >= 0.3 is 0 Å². The predicted octanol–water partition coefficient (Wildman–Crippen LogP) is 2.04. The first-order chi connectivity index (χ1) is 10.6. The minimum absolute atomic E-state index is 0.0224. The van der Waals surface area contributed by atoms with Gasteiger partial charge in [0.25, 0.3) is 0 Å². The third-order valence-corrected chi connectivity index (χ3v) is 4.83. The zero-order valence-corrected chi connectivity index (χ0v) is 14.1. The maximum Gasteiger partial charge on any atom is 0.132 e. The molecule has 2 aliphatic heterocycles. The van der Waals surface area contributed by atoms with Crippen molar-refractivity contribution in [3.05, 3.63) is 17.6 Å². The van der Waals surface area contributed by atoms with Gasteiger partial charge in [0.1, 0.15) is 11.6 Å². The van der Waals surface area contributed by atoms with Crippen LogP contribution in [0, 0.1) is 6.92 Å². The first-order valence-corrected chi connectivity index (χ1v) is 8.52. The lowest BCUT2D eigenvalue weighted by Crippen LogP contribution is -2.56. The molecule has 2 saturated heterocycles. The summed E-state index contributed by atoms with van der Waals surface area (Å²) >= 11 is 0. The molecule has 1 aromatic rings. The van der Waals surface area contributed by atoms with Gasteiger partial charge in [0.05, 0.1) is 12.2 Å². The number of piperidine rings is 1. The van der Waals surface area contributed by atoms with E-state index in [1.807, 2.05) is 0 Å². The van der Waals surface area contributed by atoms with Crippen LogP contribution < -0.4 is 4.90 Å². The van der Waals surface area contributed by atoms with Crippen molar-refractivity contribution >= 4 is 5.82 Å². The van der Waals surface area contributed by atoms with Crippen LogP contribution in [0.1, 0.15) is 37.7 Å². The first kappa shape index (κ1) is 15.7. The van der Waals surface area contributed by atoms with Crippen LogP contribution in [0.25, 0.3) is 0 Å². The van der Waals surface area contributed by atoms with Crippen molar-refractivity contribution in [2.75, 3.05) is 44.7 Å². The molecule has 1 aromatic heterocycles. The van der Waals surface area contributed by atoms with Crippen LogP contribution in [0.2, 0.25) is 0 Å². The van der Waals surface area contributed by atoms with Crippen LogP contribution in [0.3, 0.4) is 0 Å². The van der Waals surface area contributed by atoms with E-state index in [9.17, 15) is 0 Å². The van der Waals surface area contributed by atoms with Gasteiger partial charge < -0.3 is 14.5 Å². The zero-order chi connectivity index (χ0) is 15.6. The molecular weight excluding hydrogens is 276 g/mol. The van der Waals surface area contributed by atoms with Crippen molar-refractivity contribution in [2.45, 2.75) is 45.1 Å². The summed E-state index contributed by atoms with van der Waals surface area (Å²) in [7, 11) is 2.19. The van der Waals surface area contributed by atoms with Gasteiger partial charge in [0, 0.05) is 44.4 Å². The number of morpholine rings is 1. The van der Waals surface area contributed by atoms with Gasteiger partial charge in [-0.1, -0.05) is 6.92 Å². The van der Waals surface area contributed by atoms with E-state index in [-0.39, 0.29) is 5.60 Å². The third-order valence-electron chi connectivity index (χ3n) is 4.83. The van der Waals surface area contributed by atoms with Crippen LogP contribution in [-0.4, -0.2) is 60.3 Å². The molecule has 0 saturated carbocycles. The number of ether oxygens (including phenoxy) is 1. The highest BCUT2D eigenvalue weighted by Crippen LogP contribution is 2.31. The molecule has 3 rings (SSSR count). The molecule has 0 amide bonds. The molecule has 5 heteroatoms. The van der Waals surface area contributed by atoms with Crippen LogP contribution in [0.4, 0.5) is 5.82 Å². The van der Waals surface area contributed by atoms with E-state index in [1.54, 1.807) is 0 Å². The van der Waals surface area contributed by atoms with Crippen molar-refractivity contribution < 1.29 is 4.74 Å². The summed E-state index contributed by atoms with van der Waals surface area (Å²) in [5.74, 6) is 2.05. The monoisotopic (exact) mass is 304 g/mol. The SMILES string of the molecule is CCCc1nc(C)cc(N2CCOC3(CCN(C)CC3)C2)n1. The molecule has 5 nitrogen and oxygen atoms in total. The van der Waals surface area contributed by atoms with Gasteiger partial charge in [0.15, 0.2) is 0 Å². The number of anilines is 1. The number of nitrogens with zero attached hydrogens (tertiary/aromatic N) is 4. The Bertz CT molecular complexity index is 511. The predicted molar refractivity (Wildman–Crippen MR) is 88.4 cm³/mol. The lowest BCUT2D eigenvalue weighted by Gasteiger charge is -2.47. The highest BCUT2D eigenvalue weighted by molar-refractivity contribution is 5.41. The minimum Gasteiger partial charge on any atom is -0.371 e. The third kappa shape index (κ3) is 3.41. The number of aromatic nitrogens is 2. The van der Waals surface area contributed by atoms with E-state index in [1.165, 1.54) is 0 Å². The summed E-state index contributed by atoms with van der Waals surface area (Å²) in [5.41, 5.74) is 1.09. The highest BCUT2D eigenvalue weighted by atomic mass is 16.5. The van der Waals surface area contributed by atoms with Crippen LogP contribution in [0.15, 0.2) is 6.07 Å². The van der Waals surface area contributed by atoms with E-state index in [4.69, 9.17) is 9.72 Å². The van der Waals surface area contributed by atoms with Crippen molar-refractivity contribution in [2.24, 2.45) is 0 Å². The number of hydrogen-bond donors (Lipinski definition) is 0. The molecule has 0 atom stereocenters. The second kappa shape index (κ2) is 6.50. The summed E-state index contributed by atoms with van der Waals surface area (Å²) in [5, 5.41) is 0. The molecule has 2 fully saturated rings. The van der Waals surface area contributed by atoms with Crippen LogP contribution in [-0.2, 0) is 11.2 Å². The second-order valence-electron chi connectivity index (χ2n) is 6.79. The fraction of sp³-hybridized carbons (Fsp3) is 0.765. The standard InChI is InChI=1S/C17H28N4O/c1-4-5-15-18-14(2)12-16(19-15)21-10-11-22-17(13-21)6-8-20(3)9-7-17/h12H,4-11,13H2,1-3H3. The largest absolute Gasteiger partial charge is 0.371 e. The molecule has 3 heterocycles. The summed E-state index contributed by atoms with van der Waals surface area (Å²) in [6, 6.07) is 2.12. The summed E-state index contributed by atoms with van der Waals surface area (Å²) in [4.78, 5) is 14.1. The molecule has 122 valence electrons. The van der Waals surface area contributed by atoms with E-state index in [2.05, 4.69) is 41.7 Å². The average Bonchev–Trinajstić information content (AvgIpc) is 2.51. The molecule has 0 aromatic carbocycles. The van der Waals surface area contributed by atoms with Crippen LogP contribution >= 0.6 is 0 Å². The Morgan fingerprint density at radius 3 is 2.73 bits per heavy atom. The molecule has 0 unspecified atom stereocenters. The van der Waals surface area contributed by atoms with Crippen molar-refractivity contribution in [3.63, 3.8) is 0 Å². The van der Waals surface area contributed by atoms with Gasteiger partial charge in [-0.3, -0.25) is 0 Å². The summed E-state index contributed by atoms with van der Waals surface area (Å²) < 4.78 is 6.20. The highest BCUT2D eigenvalue weighted by Gasteiger charge is 2.39. The quantitative estimate of drug-likeness (QED) is 0.855. The Morgan fingerprint density at radius 2 is 2.00 bits per heavy atom. The van der Waals surface area contributed by atoms with E-state index in [0.717, 1.165) is 75.8 Å². The average molecular weight is 304 g/mol. The van der Waals surface area contributed by atoms with Gasteiger partial charge in [-0.2, -0.15) is 0 Å². The number of likely N-dealkylation sites (tertiary alicyclic amines) is 1. The molecular formula is C17H28N4O. The smallest absolute Gasteiger partial charge is 0.132 e. The Labute approximate surface area is 133 Å². The Morgan fingerprint density at radius 1 is 1.23 bits per heavy atom. The van der Waals surface area contributed by atoms with Gasteiger partial charge in [-0.25, -0.2) is 9.97 Å². The van der Waals surface area contributed by atoms with Crippen molar-refractivity contribution in [1.82, 2.24) is 14.9 Å². The number of rotatable bonds is 3.